The predicted octanol–water partition coefficient (Wildman–Crippen LogP) is 4.35. The molecular weight excluding hydrogens is 318 g/mol. The molecule has 0 fully saturated rings. The first kappa shape index (κ1) is 16.6. The molecule has 3 aromatic rings. The maximum absolute atomic E-state index is 5.71. The smallest absolute Gasteiger partial charge is 0.191 e. The van der Waals surface area contributed by atoms with E-state index in [1.807, 2.05) is 43.4 Å². The van der Waals surface area contributed by atoms with Crippen molar-refractivity contribution in [1.29, 1.82) is 0 Å². The van der Waals surface area contributed by atoms with E-state index in [0.717, 1.165) is 34.5 Å². The van der Waals surface area contributed by atoms with E-state index in [1.165, 1.54) is 5.56 Å². The average Bonchev–Trinajstić information content (AvgIpc) is 2.96. The highest BCUT2D eigenvalue weighted by molar-refractivity contribution is 7.99. The molecule has 0 amide bonds. The Morgan fingerprint density at radius 1 is 1.04 bits per heavy atom. The summed E-state index contributed by atoms with van der Waals surface area (Å²) in [5.74, 6) is 2.77. The van der Waals surface area contributed by atoms with Crippen LogP contribution in [0.15, 0.2) is 59.8 Å². The molecule has 0 saturated heterocycles. The quantitative estimate of drug-likeness (QED) is 0.474. The largest absolute Gasteiger partial charge is 0.494 e. The van der Waals surface area contributed by atoms with Gasteiger partial charge in [-0.05, 0) is 31.5 Å². The Labute approximate surface area is 146 Å². The first-order chi connectivity index (χ1) is 11.7. The number of rotatable bonds is 7. The molecule has 0 aliphatic carbocycles. The monoisotopic (exact) mass is 339 g/mol. The fraction of sp³-hybridized carbons (Fsp3) is 0.263. The molecule has 0 bridgehead atoms. The van der Waals surface area contributed by atoms with Gasteiger partial charge in [-0.2, -0.15) is 0 Å². The van der Waals surface area contributed by atoms with Crippen molar-refractivity contribution in [3.8, 4) is 17.1 Å². The Morgan fingerprint density at radius 3 is 2.67 bits per heavy atom. The Morgan fingerprint density at radius 2 is 1.88 bits per heavy atom. The lowest BCUT2D eigenvalue weighted by molar-refractivity contribution is 0.318. The van der Waals surface area contributed by atoms with Crippen LogP contribution >= 0.6 is 11.8 Å². The van der Waals surface area contributed by atoms with Gasteiger partial charge in [0.1, 0.15) is 5.75 Å². The lowest BCUT2D eigenvalue weighted by Gasteiger charge is -2.06. The molecule has 24 heavy (non-hydrogen) atoms. The lowest BCUT2D eigenvalue weighted by atomic mass is 10.1. The van der Waals surface area contributed by atoms with Gasteiger partial charge in [-0.25, -0.2) is 0 Å². The van der Waals surface area contributed by atoms with Gasteiger partial charge in [0.15, 0.2) is 11.0 Å². The summed E-state index contributed by atoms with van der Waals surface area (Å²) >= 11 is 1.71. The van der Waals surface area contributed by atoms with Crippen LogP contribution in [-0.2, 0) is 7.05 Å². The van der Waals surface area contributed by atoms with Crippen molar-refractivity contribution in [2.45, 2.75) is 18.5 Å². The Balaban J connectivity index is 1.51. The van der Waals surface area contributed by atoms with E-state index in [1.54, 1.807) is 11.8 Å². The minimum atomic E-state index is 0.708. The summed E-state index contributed by atoms with van der Waals surface area (Å²) in [6, 6.07) is 18.2. The van der Waals surface area contributed by atoms with E-state index >= 15 is 0 Å². The van der Waals surface area contributed by atoms with Gasteiger partial charge in [-0.3, -0.25) is 0 Å². The van der Waals surface area contributed by atoms with E-state index in [0.29, 0.717) is 6.61 Å². The topological polar surface area (TPSA) is 39.9 Å². The molecule has 0 unspecified atom stereocenters. The lowest BCUT2D eigenvalue weighted by Crippen LogP contribution is -2.00. The van der Waals surface area contributed by atoms with Crippen LogP contribution in [0.5, 0.6) is 5.75 Å². The maximum atomic E-state index is 5.71. The van der Waals surface area contributed by atoms with Crippen LogP contribution in [0.1, 0.15) is 12.0 Å². The molecular formula is C19H21N3OS. The number of thioether (sulfide) groups is 1. The molecule has 5 heteroatoms. The summed E-state index contributed by atoms with van der Waals surface area (Å²) in [5.41, 5.74) is 2.33. The second-order valence-electron chi connectivity index (χ2n) is 5.60. The number of aryl methyl sites for hydroxylation is 1. The van der Waals surface area contributed by atoms with E-state index in [4.69, 9.17) is 4.74 Å². The molecule has 124 valence electrons. The highest BCUT2D eigenvalue weighted by atomic mass is 32.2. The Kier molecular flexibility index (Phi) is 5.54. The maximum Gasteiger partial charge on any atom is 0.191 e. The third-order valence-corrected chi connectivity index (χ3v) is 4.75. The summed E-state index contributed by atoms with van der Waals surface area (Å²) in [6.45, 7) is 2.79. The molecule has 0 aliphatic heterocycles. The van der Waals surface area contributed by atoms with Gasteiger partial charge in [0.25, 0.3) is 0 Å². The summed E-state index contributed by atoms with van der Waals surface area (Å²) in [5, 5.41) is 9.58. The number of para-hydroxylation sites is 1. The highest BCUT2D eigenvalue weighted by Crippen LogP contribution is 2.23. The van der Waals surface area contributed by atoms with Crippen molar-refractivity contribution in [1.82, 2.24) is 14.8 Å². The minimum Gasteiger partial charge on any atom is -0.494 e. The average molecular weight is 339 g/mol. The van der Waals surface area contributed by atoms with Gasteiger partial charge >= 0.3 is 0 Å². The van der Waals surface area contributed by atoms with Crippen molar-refractivity contribution >= 4 is 11.8 Å². The predicted molar refractivity (Wildman–Crippen MR) is 98.5 cm³/mol. The van der Waals surface area contributed by atoms with Gasteiger partial charge < -0.3 is 9.30 Å². The molecule has 0 spiro atoms. The second-order valence-corrected chi connectivity index (χ2v) is 6.66. The minimum absolute atomic E-state index is 0.708. The van der Waals surface area contributed by atoms with E-state index in [9.17, 15) is 0 Å². The van der Waals surface area contributed by atoms with Crippen molar-refractivity contribution in [3.63, 3.8) is 0 Å². The summed E-state index contributed by atoms with van der Waals surface area (Å²) in [6.07, 6.45) is 0.964. The number of hydrogen-bond donors (Lipinski definition) is 0. The third kappa shape index (κ3) is 4.17. The number of hydrogen-bond acceptors (Lipinski definition) is 4. The Bertz CT molecular complexity index is 786. The van der Waals surface area contributed by atoms with Crippen LogP contribution < -0.4 is 4.74 Å². The standard InChI is InChI=1S/C19H21N3OS/c1-15-8-6-9-16(14-15)18-20-21-19(22(18)2)24-13-7-12-23-17-10-4-3-5-11-17/h3-6,8-11,14H,7,12-13H2,1-2H3. The van der Waals surface area contributed by atoms with Crippen LogP contribution in [0.2, 0.25) is 0 Å². The van der Waals surface area contributed by atoms with Crippen molar-refractivity contribution in [3.05, 3.63) is 60.2 Å². The zero-order chi connectivity index (χ0) is 16.8. The van der Waals surface area contributed by atoms with Crippen LogP contribution in [-0.4, -0.2) is 27.1 Å². The molecule has 4 nitrogen and oxygen atoms in total. The molecule has 1 heterocycles. The molecule has 0 N–H and O–H groups in total. The molecule has 0 saturated carbocycles. The van der Waals surface area contributed by atoms with Crippen LogP contribution in [0, 0.1) is 6.92 Å². The van der Waals surface area contributed by atoms with Gasteiger partial charge in [-0.15, -0.1) is 10.2 Å². The zero-order valence-corrected chi connectivity index (χ0v) is 14.8. The number of ether oxygens (including phenoxy) is 1. The fourth-order valence-electron chi connectivity index (χ4n) is 2.41. The van der Waals surface area contributed by atoms with Crippen molar-refractivity contribution < 1.29 is 4.74 Å². The highest BCUT2D eigenvalue weighted by Gasteiger charge is 2.11. The van der Waals surface area contributed by atoms with E-state index in [2.05, 4.69) is 39.9 Å². The first-order valence-electron chi connectivity index (χ1n) is 8.01. The van der Waals surface area contributed by atoms with Crippen LogP contribution in [0.3, 0.4) is 0 Å². The number of nitrogens with zero attached hydrogens (tertiary/aromatic N) is 3. The summed E-state index contributed by atoms with van der Waals surface area (Å²) in [4.78, 5) is 0. The van der Waals surface area contributed by atoms with E-state index < -0.39 is 0 Å². The van der Waals surface area contributed by atoms with Crippen molar-refractivity contribution in [2.24, 2.45) is 7.05 Å². The molecule has 1 aromatic heterocycles. The van der Waals surface area contributed by atoms with Gasteiger partial charge in [0.05, 0.1) is 6.61 Å². The van der Waals surface area contributed by atoms with Gasteiger partial charge in [-0.1, -0.05) is 53.7 Å². The summed E-state index contributed by atoms with van der Waals surface area (Å²) in [7, 11) is 2.01. The molecule has 3 rings (SSSR count). The SMILES string of the molecule is Cc1cccc(-c2nnc(SCCCOc3ccccc3)n2C)c1. The fourth-order valence-corrected chi connectivity index (χ4v) is 3.23. The second kappa shape index (κ2) is 8.02. The van der Waals surface area contributed by atoms with Gasteiger partial charge in [0, 0.05) is 18.4 Å². The molecule has 0 atom stereocenters. The molecule has 0 radical (unpaired) electrons. The van der Waals surface area contributed by atoms with E-state index in [-0.39, 0.29) is 0 Å². The van der Waals surface area contributed by atoms with Crippen LogP contribution in [0.4, 0.5) is 0 Å². The molecule has 2 aromatic carbocycles. The number of aromatic nitrogens is 3. The van der Waals surface area contributed by atoms with Crippen LogP contribution in [0.25, 0.3) is 11.4 Å². The van der Waals surface area contributed by atoms with Gasteiger partial charge in [0.2, 0.25) is 0 Å². The van der Waals surface area contributed by atoms with Crippen molar-refractivity contribution in [2.75, 3.05) is 12.4 Å². The Hall–Kier alpha value is -2.27. The third-order valence-electron chi connectivity index (χ3n) is 3.64. The normalized spacial score (nSPS) is 10.8. The zero-order valence-electron chi connectivity index (χ0n) is 14.0. The molecule has 0 aliphatic rings. The summed E-state index contributed by atoms with van der Waals surface area (Å²) < 4.78 is 7.76. The first-order valence-corrected chi connectivity index (χ1v) is 8.99. The number of benzene rings is 2.